The molecule has 24 heavy (non-hydrogen) atoms. The summed E-state index contributed by atoms with van der Waals surface area (Å²) in [5, 5.41) is 13.2. The van der Waals surface area contributed by atoms with Crippen LogP contribution in [0.2, 0.25) is 0 Å². The second-order valence-electron chi connectivity index (χ2n) is 5.28. The molecule has 0 saturated heterocycles. The van der Waals surface area contributed by atoms with E-state index in [1.54, 1.807) is 11.8 Å². The number of benzene rings is 2. The van der Waals surface area contributed by atoms with Gasteiger partial charge in [-0.25, -0.2) is 9.82 Å². The lowest BCUT2D eigenvalue weighted by Gasteiger charge is -2.06. The van der Waals surface area contributed by atoms with Gasteiger partial charge in [-0.1, -0.05) is 29.5 Å². The molecule has 0 aliphatic heterocycles. The summed E-state index contributed by atoms with van der Waals surface area (Å²) in [6, 6.07) is 13.1. The van der Waals surface area contributed by atoms with Gasteiger partial charge in [-0.15, -0.1) is 5.10 Å². The Bertz CT molecular complexity index is 951. The van der Waals surface area contributed by atoms with Gasteiger partial charge in [-0.3, -0.25) is 0 Å². The largest absolute Gasteiger partial charge is 0.497 e. The lowest BCUT2D eigenvalue weighted by Crippen LogP contribution is -2.30. The molecule has 0 fully saturated rings. The summed E-state index contributed by atoms with van der Waals surface area (Å²) in [6.07, 6.45) is 0. The molecule has 0 saturated carbocycles. The fourth-order valence-electron chi connectivity index (χ4n) is 2.32. The number of hydrogen-bond acceptors (Lipinski definition) is 5. The summed E-state index contributed by atoms with van der Waals surface area (Å²) in [6.45, 7) is 0.719. The third kappa shape index (κ3) is 3.88. The van der Waals surface area contributed by atoms with Crippen molar-refractivity contribution < 1.29 is 13.2 Å². The number of nitrogens with two attached hydrogens (primary N) is 1. The Morgan fingerprint density at radius 3 is 2.54 bits per heavy atom. The lowest BCUT2D eigenvalue weighted by atomic mass is 10.1. The molecule has 8 nitrogen and oxygen atoms in total. The molecule has 3 aromatic rings. The summed E-state index contributed by atoms with van der Waals surface area (Å²) in [5.74, 6) is 0.737. The van der Waals surface area contributed by atoms with Crippen LogP contribution in [0.4, 0.5) is 0 Å². The minimum absolute atomic E-state index is 0.158. The van der Waals surface area contributed by atoms with Crippen molar-refractivity contribution in [2.24, 2.45) is 5.14 Å². The molecular weight excluding hydrogens is 330 g/mol. The SMILES string of the molecule is COc1ccc2c(c1)nnn2Cc1ccc(CNS(N)(=O)=O)cc1. The molecule has 1 heterocycles. The maximum Gasteiger partial charge on any atom is 0.274 e. The quantitative estimate of drug-likeness (QED) is 0.684. The molecule has 9 heteroatoms. The van der Waals surface area contributed by atoms with Gasteiger partial charge in [-0.2, -0.15) is 13.1 Å². The maximum atomic E-state index is 10.9. The van der Waals surface area contributed by atoms with E-state index in [1.165, 1.54) is 0 Å². The molecule has 1 aromatic heterocycles. The first-order valence-electron chi connectivity index (χ1n) is 7.17. The average molecular weight is 347 g/mol. The van der Waals surface area contributed by atoms with Gasteiger partial charge in [0.15, 0.2) is 0 Å². The fourth-order valence-corrected chi connectivity index (χ4v) is 2.68. The molecule has 0 aliphatic rings. The van der Waals surface area contributed by atoms with Crippen molar-refractivity contribution in [2.75, 3.05) is 7.11 Å². The smallest absolute Gasteiger partial charge is 0.274 e. The average Bonchev–Trinajstić information content (AvgIpc) is 2.95. The molecule has 0 amide bonds. The van der Waals surface area contributed by atoms with Crippen molar-refractivity contribution in [1.29, 1.82) is 0 Å². The normalized spacial score (nSPS) is 11.8. The highest BCUT2D eigenvalue weighted by atomic mass is 32.2. The number of hydrogen-bond donors (Lipinski definition) is 2. The molecule has 0 bridgehead atoms. The third-order valence-corrected chi connectivity index (χ3v) is 4.10. The zero-order valence-corrected chi connectivity index (χ0v) is 13.8. The van der Waals surface area contributed by atoms with E-state index in [0.717, 1.165) is 27.9 Å². The van der Waals surface area contributed by atoms with Crippen molar-refractivity contribution >= 4 is 21.2 Å². The van der Waals surface area contributed by atoms with E-state index in [1.807, 2.05) is 42.5 Å². The molecule has 0 unspecified atom stereocenters. The molecule has 0 radical (unpaired) electrons. The van der Waals surface area contributed by atoms with Crippen LogP contribution in [0.25, 0.3) is 11.0 Å². The Hall–Kier alpha value is -2.49. The Labute approximate surface area is 139 Å². The van der Waals surface area contributed by atoms with Crippen molar-refractivity contribution in [1.82, 2.24) is 19.7 Å². The fraction of sp³-hybridized carbons (Fsp3) is 0.200. The first-order chi connectivity index (χ1) is 11.4. The highest BCUT2D eigenvalue weighted by molar-refractivity contribution is 7.87. The van der Waals surface area contributed by atoms with E-state index < -0.39 is 10.2 Å². The Morgan fingerprint density at radius 2 is 1.88 bits per heavy atom. The highest BCUT2D eigenvalue weighted by Gasteiger charge is 2.07. The molecule has 3 rings (SSSR count). The van der Waals surface area contributed by atoms with Crippen LogP contribution >= 0.6 is 0 Å². The predicted molar refractivity (Wildman–Crippen MR) is 89.6 cm³/mol. The molecule has 3 N–H and O–H groups in total. The third-order valence-electron chi connectivity index (χ3n) is 3.55. The number of nitrogens with one attached hydrogen (secondary N) is 1. The number of fused-ring (bicyclic) bond motifs is 1. The number of ether oxygens (including phenoxy) is 1. The van der Waals surface area contributed by atoms with Gasteiger partial charge in [0.25, 0.3) is 10.2 Å². The minimum Gasteiger partial charge on any atom is -0.497 e. The van der Waals surface area contributed by atoms with Crippen LogP contribution in [0, 0.1) is 0 Å². The molecule has 0 aliphatic carbocycles. The van der Waals surface area contributed by atoms with Gasteiger partial charge >= 0.3 is 0 Å². The number of aromatic nitrogens is 3. The molecular formula is C15H17N5O3S. The number of rotatable bonds is 6. The zero-order chi connectivity index (χ0) is 17.2. The van der Waals surface area contributed by atoms with Crippen LogP contribution in [0.15, 0.2) is 42.5 Å². The Balaban J connectivity index is 1.74. The predicted octanol–water partition coefficient (Wildman–Crippen LogP) is 0.781. The van der Waals surface area contributed by atoms with E-state index in [2.05, 4.69) is 15.0 Å². The van der Waals surface area contributed by atoms with Crippen molar-refractivity contribution in [3.05, 3.63) is 53.6 Å². The number of methoxy groups -OCH3 is 1. The summed E-state index contributed by atoms with van der Waals surface area (Å²) in [4.78, 5) is 0. The van der Waals surface area contributed by atoms with Gasteiger partial charge in [0.1, 0.15) is 11.3 Å². The lowest BCUT2D eigenvalue weighted by molar-refractivity contribution is 0.415. The van der Waals surface area contributed by atoms with Gasteiger partial charge < -0.3 is 4.74 Å². The number of nitrogens with zero attached hydrogens (tertiary/aromatic N) is 3. The van der Waals surface area contributed by atoms with Gasteiger partial charge in [0.2, 0.25) is 0 Å². The summed E-state index contributed by atoms with van der Waals surface area (Å²) in [7, 11) is -2.08. The van der Waals surface area contributed by atoms with Crippen LogP contribution in [0.1, 0.15) is 11.1 Å². The van der Waals surface area contributed by atoms with E-state index >= 15 is 0 Å². The molecule has 126 valence electrons. The van der Waals surface area contributed by atoms with Gasteiger partial charge in [0, 0.05) is 12.6 Å². The van der Waals surface area contributed by atoms with Gasteiger partial charge in [-0.05, 0) is 23.3 Å². The highest BCUT2D eigenvalue weighted by Crippen LogP contribution is 2.19. The van der Waals surface area contributed by atoms with Crippen molar-refractivity contribution in [3.63, 3.8) is 0 Å². The van der Waals surface area contributed by atoms with E-state index in [9.17, 15) is 8.42 Å². The maximum absolute atomic E-state index is 10.9. The molecule has 0 atom stereocenters. The van der Waals surface area contributed by atoms with Crippen LogP contribution in [0.5, 0.6) is 5.75 Å². The van der Waals surface area contributed by atoms with Crippen LogP contribution < -0.4 is 14.6 Å². The molecule has 2 aromatic carbocycles. The first kappa shape index (κ1) is 16.4. The second kappa shape index (κ2) is 6.56. The van der Waals surface area contributed by atoms with E-state index in [0.29, 0.717) is 6.54 Å². The second-order valence-corrected chi connectivity index (χ2v) is 6.66. The van der Waals surface area contributed by atoms with Crippen molar-refractivity contribution in [2.45, 2.75) is 13.1 Å². The van der Waals surface area contributed by atoms with Crippen LogP contribution in [0.3, 0.4) is 0 Å². The minimum atomic E-state index is -3.69. The first-order valence-corrected chi connectivity index (χ1v) is 8.72. The Morgan fingerprint density at radius 1 is 1.17 bits per heavy atom. The summed E-state index contributed by atoms with van der Waals surface area (Å²) >= 11 is 0. The van der Waals surface area contributed by atoms with E-state index in [-0.39, 0.29) is 6.54 Å². The topological polar surface area (TPSA) is 112 Å². The Kier molecular flexibility index (Phi) is 4.47. The van der Waals surface area contributed by atoms with Gasteiger partial charge in [0.05, 0.1) is 19.2 Å². The van der Waals surface area contributed by atoms with Crippen LogP contribution in [-0.2, 0) is 23.3 Å². The van der Waals surface area contributed by atoms with E-state index in [4.69, 9.17) is 9.88 Å². The summed E-state index contributed by atoms with van der Waals surface area (Å²) in [5.41, 5.74) is 3.53. The zero-order valence-electron chi connectivity index (χ0n) is 13.0. The monoisotopic (exact) mass is 347 g/mol. The standard InChI is InChI=1S/C15H17N5O3S/c1-23-13-6-7-15-14(8-13)18-19-20(15)10-12-4-2-11(3-5-12)9-17-24(16,21)22/h2-8,17H,9-10H2,1H3,(H2,16,21,22). The van der Waals surface area contributed by atoms with Crippen LogP contribution in [-0.4, -0.2) is 30.5 Å². The summed E-state index contributed by atoms with van der Waals surface area (Å²) < 4.78 is 31.0. The molecule has 0 spiro atoms. The van der Waals surface area contributed by atoms with Crippen molar-refractivity contribution in [3.8, 4) is 5.75 Å².